The Kier molecular flexibility index (Phi) is 6.31. The first-order valence-electron chi connectivity index (χ1n) is 8.39. The lowest BCUT2D eigenvalue weighted by Crippen LogP contribution is -1.96. The molecule has 0 aliphatic rings. The lowest BCUT2D eigenvalue weighted by atomic mass is 10.1. The minimum absolute atomic E-state index is 0.486. The zero-order chi connectivity index (χ0) is 19.2. The van der Waals surface area contributed by atoms with Gasteiger partial charge in [-0.1, -0.05) is 11.2 Å². The number of hydrogen-bond donors (Lipinski definition) is 1. The zero-order valence-electron chi connectivity index (χ0n) is 15.7. The van der Waals surface area contributed by atoms with Crippen LogP contribution in [-0.4, -0.2) is 33.1 Å². The predicted molar refractivity (Wildman–Crippen MR) is 105 cm³/mol. The van der Waals surface area contributed by atoms with Crippen LogP contribution in [0.4, 0.5) is 5.82 Å². The van der Waals surface area contributed by atoms with Gasteiger partial charge in [0.15, 0.2) is 11.4 Å². The third-order valence-corrected chi connectivity index (χ3v) is 4.82. The highest BCUT2D eigenvalue weighted by atomic mass is 32.2. The summed E-state index contributed by atoms with van der Waals surface area (Å²) >= 11 is 1.33. The molecule has 0 atom stereocenters. The molecule has 0 bridgehead atoms. The molecule has 0 amide bonds. The molecule has 0 aliphatic carbocycles. The van der Waals surface area contributed by atoms with E-state index in [1.54, 1.807) is 21.3 Å². The standard InChI is InChI=1S/C19H22N2O5S/c1-5-25-11-12-9-15(24-4)17-16(10-12)26-20-19(17)21-27-18-13(22-2)7-6-8-14(18)23-3/h6-10H,5,11H2,1-4H3,(H,20,21). The predicted octanol–water partition coefficient (Wildman–Crippen LogP) is 4.51. The van der Waals surface area contributed by atoms with E-state index in [-0.39, 0.29) is 0 Å². The molecule has 3 aromatic rings. The van der Waals surface area contributed by atoms with Crippen molar-refractivity contribution in [2.75, 3.05) is 32.7 Å². The van der Waals surface area contributed by atoms with Crippen molar-refractivity contribution >= 4 is 28.7 Å². The highest BCUT2D eigenvalue weighted by Gasteiger charge is 2.17. The van der Waals surface area contributed by atoms with E-state index in [0.717, 1.165) is 15.8 Å². The average Bonchev–Trinajstić information content (AvgIpc) is 3.12. The van der Waals surface area contributed by atoms with E-state index in [0.29, 0.717) is 41.9 Å². The van der Waals surface area contributed by atoms with Crippen LogP contribution < -0.4 is 18.9 Å². The summed E-state index contributed by atoms with van der Waals surface area (Å²) in [5, 5.41) is 4.91. The molecule has 0 aliphatic heterocycles. The number of aromatic nitrogens is 1. The van der Waals surface area contributed by atoms with Gasteiger partial charge in [0.05, 0.1) is 27.9 Å². The first-order valence-corrected chi connectivity index (χ1v) is 9.21. The van der Waals surface area contributed by atoms with Gasteiger partial charge in [-0.15, -0.1) is 0 Å². The van der Waals surface area contributed by atoms with Crippen molar-refractivity contribution in [2.24, 2.45) is 0 Å². The molecule has 1 N–H and O–H groups in total. The van der Waals surface area contributed by atoms with Crippen molar-refractivity contribution in [1.29, 1.82) is 0 Å². The topological polar surface area (TPSA) is 75.0 Å². The van der Waals surface area contributed by atoms with Gasteiger partial charge in [-0.05, 0) is 48.7 Å². The smallest absolute Gasteiger partial charge is 0.191 e. The zero-order valence-corrected chi connectivity index (χ0v) is 16.5. The number of benzene rings is 2. The summed E-state index contributed by atoms with van der Waals surface area (Å²) in [4.78, 5) is 0.811. The summed E-state index contributed by atoms with van der Waals surface area (Å²) in [6.07, 6.45) is 0. The molecule has 27 heavy (non-hydrogen) atoms. The molecule has 0 saturated carbocycles. The molecule has 3 rings (SSSR count). The van der Waals surface area contributed by atoms with Crippen LogP contribution in [-0.2, 0) is 11.3 Å². The maximum absolute atomic E-state index is 5.53. The number of nitrogens with zero attached hydrogens (tertiary/aromatic N) is 1. The largest absolute Gasteiger partial charge is 0.496 e. The SMILES string of the molecule is CCOCc1cc(OC)c2c(NSc3c(OC)cccc3OC)noc2c1. The third kappa shape index (κ3) is 4.06. The molecule has 0 radical (unpaired) electrons. The van der Waals surface area contributed by atoms with Gasteiger partial charge in [0.1, 0.15) is 27.5 Å². The molecule has 7 nitrogen and oxygen atoms in total. The Morgan fingerprint density at radius 3 is 2.37 bits per heavy atom. The van der Waals surface area contributed by atoms with Gasteiger partial charge >= 0.3 is 0 Å². The molecule has 0 fully saturated rings. The number of nitrogens with one attached hydrogen (secondary N) is 1. The van der Waals surface area contributed by atoms with Gasteiger partial charge in [-0.3, -0.25) is 0 Å². The third-order valence-electron chi connectivity index (χ3n) is 3.92. The second kappa shape index (κ2) is 8.88. The minimum atomic E-state index is 0.486. The fraction of sp³-hybridized carbons (Fsp3) is 0.316. The van der Waals surface area contributed by atoms with Crippen LogP contribution in [0, 0.1) is 0 Å². The summed E-state index contributed by atoms with van der Waals surface area (Å²) in [6.45, 7) is 3.08. The van der Waals surface area contributed by atoms with Crippen molar-refractivity contribution in [3.05, 3.63) is 35.9 Å². The van der Waals surface area contributed by atoms with Gasteiger partial charge in [0.2, 0.25) is 0 Å². The number of ether oxygens (including phenoxy) is 4. The van der Waals surface area contributed by atoms with Crippen LogP contribution in [0.25, 0.3) is 11.0 Å². The highest BCUT2D eigenvalue weighted by molar-refractivity contribution is 8.00. The van der Waals surface area contributed by atoms with Crippen molar-refractivity contribution in [3.63, 3.8) is 0 Å². The second-order valence-corrected chi connectivity index (χ2v) is 6.35. The van der Waals surface area contributed by atoms with Crippen molar-refractivity contribution in [2.45, 2.75) is 18.4 Å². The number of hydrogen-bond acceptors (Lipinski definition) is 8. The number of methoxy groups -OCH3 is 3. The van der Waals surface area contributed by atoms with Crippen LogP contribution in [0.3, 0.4) is 0 Å². The first kappa shape index (κ1) is 19.2. The van der Waals surface area contributed by atoms with Crippen LogP contribution in [0.1, 0.15) is 12.5 Å². The Morgan fingerprint density at radius 1 is 1.04 bits per heavy atom. The van der Waals surface area contributed by atoms with E-state index in [4.69, 9.17) is 23.5 Å². The molecule has 0 unspecified atom stereocenters. The summed E-state index contributed by atoms with van der Waals surface area (Å²) in [7, 11) is 4.85. The Balaban J connectivity index is 1.90. The first-order chi connectivity index (χ1) is 13.2. The maximum atomic E-state index is 5.53. The fourth-order valence-electron chi connectivity index (χ4n) is 2.64. The second-order valence-electron chi connectivity index (χ2n) is 5.54. The number of anilines is 1. The van der Waals surface area contributed by atoms with E-state index >= 15 is 0 Å². The molecule has 1 aromatic heterocycles. The Hall–Kier alpha value is -2.58. The molecule has 2 aromatic carbocycles. The lowest BCUT2D eigenvalue weighted by Gasteiger charge is -2.12. The highest BCUT2D eigenvalue weighted by Crippen LogP contribution is 2.40. The van der Waals surface area contributed by atoms with Gasteiger partial charge in [0, 0.05) is 6.61 Å². The van der Waals surface area contributed by atoms with E-state index in [9.17, 15) is 0 Å². The maximum Gasteiger partial charge on any atom is 0.191 e. The average molecular weight is 390 g/mol. The summed E-state index contributed by atoms with van der Waals surface area (Å²) < 4.78 is 30.5. The lowest BCUT2D eigenvalue weighted by molar-refractivity contribution is 0.134. The van der Waals surface area contributed by atoms with E-state index in [2.05, 4.69) is 9.88 Å². The Bertz CT molecular complexity index is 890. The number of rotatable bonds is 9. The monoisotopic (exact) mass is 390 g/mol. The van der Waals surface area contributed by atoms with Crippen LogP contribution in [0.2, 0.25) is 0 Å². The van der Waals surface area contributed by atoms with Crippen LogP contribution in [0.5, 0.6) is 17.2 Å². The summed E-state index contributed by atoms with van der Waals surface area (Å²) in [5.74, 6) is 2.62. The van der Waals surface area contributed by atoms with Crippen molar-refractivity contribution < 1.29 is 23.5 Å². The van der Waals surface area contributed by atoms with Gasteiger partial charge in [-0.2, -0.15) is 0 Å². The Morgan fingerprint density at radius 2 is 1.74 bits per heavy atom. The quantitative estimate of drug-likeness (QED) is 0.535. The molecule has 0 spiro atoms. The molecular weight excluding hydrogens is 368 g/mol. The number of fused-ring (bicyclic) bond motifs is 1. The molecule has 0 saturated heterocycles. The van der Waals surface area contributed by atoms with E-state index in [1.165, 1.54) is 11.9 Å². The van der Waals surface area contributed by atoms with Gasteiger partial charge in [-0.25, -0.2) is 0 Å². The Labute approximate surface area is 162 Å². The fourth-order valence-corrected chi connectivity index (χ4v) is 3.48. The van der Waals surface area contributed by atoms with Gasteiger partial charge < -0.3 is 28.2 Å². The van der Waals surface area contributed by atoms with Crippen molar-refractivity contribution in [1.82, 2.24) is 5.16 Å². The summed E-state index contributed by atoms with van der Waals surface area (Å²) in [5.41, 5.74) is 1.59. The van der Waals surface area contributed by atoms with E-state index in [1.807, 2.05) is 37.3 Å². The molecule has 144 valence electrons. The van der Waals surface area contributed by atoms with E-state index < -0.39 is 0 Å². The summed E-state index contributed by atoms with van der Waals surface area (Å²) in [6, 6.07) is 9.44. The normalized spacial score (nSPS) is 10.8. The van der Waals surface area contributed by atoms with Crippen LogP contribution >= 0.6 is 11.9 Å². The molecule has 8 heteroatoms. The molecule has 1 heterocycles. The minimum Gasteiger partial charge on any atom is -0.496 e. The van der Waals surface area contributed by atoms with Crippen LogP contribution in [0.15, 0.2) is 39.8 Å². The van der Waals surface area contributed by atoms with Crippen molar-refractivity contribution in [3.8, 4) is 17.2 Å². The van der Waals surface area contributed by atoms with Gasteiger partial charge in [0.25, 0.3) is 0 Å². The molecular formula is C19H22N2O5S.